The van der Waals surface area contributed by atoms with Gasteiger partial charge in [-0.25, -0.2) is 4.79 Å². The number of ether oxygens (including phenoxy) is 4. The fourth-order valence-electron chi connectivity index (χ4n) is 8.06. The van der Waals surface area contributed by atoms with Gasteiger partial charge in [0.15, 0.2) is 6.10 Å². The lowest BCUT2D eigenvalue weighted by molar-refractivity contribution is -0.870. The van der Waals surface area contributed by atoms with E-state index in [1.165, 1.54) is 141 Å². The fraction of sp³-hybridized carbons (Fsp3) is 0.787. The highest BCUT2D eigenvalue weighted by molar-refractivity contribution is 5.71. The number of hydrogen-bond donors (Lipinski definition) is 1. The summed E-state index contributed by atoms with van der Waals surface area (Å²) < 4.78 is 22.8. The molecule has 0 bridgehead atoms. The normalized spacial score (nSPS) is 13.2. The zero-order valence-corrected chi connectivity index (χ0v) is 46.2. The Morgan fingerprint density at radius 2 is 0.814 bits per heavy atom. The maximum atomic E-state index is 12.8. The van der Waals surface area contributed by atoms with E-state index in [1.807, 2.05) is 21.1 Å². The lowest BCUT2D eigenvalue weighted by atomic mass is 10.0. The first-order valence-corrected chi connectivity index (χ1v) is 29.0. The van der Waals surface area contributed by atoms with Crippen molar-refractivity contribution in [2.24, 2.45) is 0 Å². The van der Waals surface area contributed by atoms with Crippen LogP contribution in [0.5, 0.6) is 0 Å². The molecule has 0 heterocycles. The number of esters is 2. The fourth-order valence-corrected chi connectivity index (χ4v) is 8.06. The molecule has 0 aromatic heterocycles. The highest BCUT2D eigenvalue weighted by Gasteiger charge is 2.25. The minimum absolute atomic E-state index is 0.185. The van der Waals surface area contributed by atoms with Crippen LogP contribution in [0.4, 0.5) is 0 Å². The Bertz CT molecular complexity index is 1330. The molecule has 9 nitrogen and oxygen atoms in total. The van der Waals surface area contributed by atoms with Gasteiger partial charge in [0.1, 0.15) is 13.2 Å². The van der Waals surface area contributed by atoms with Gasteiger partial charge in [0.25, 0.3) is 6.29 Å². The molecule has 0 amide bonds. The largest absolute Gasteiger partial charge is 0.477 e. The molecule has 0 aromatic rings. The molecule has 0 saturated carbocycles. The smallest absolute Gasteiger partial charge is 0.361 e. The summed E-state index contributed by atoms with van der Waals surface area (Å²) in [5.41, 5.74) is 0. The number of nitrogens with zero attached hydrogens (tertiary/aromatic N) is 1. The van der Waals surface area contributed by atoms with Crippen LogP contribution < -0.4 is 0 Å². The Morgan fingerprint density at radius 3 is 1.23 bits per heavy atom. The highest BCUT2D eigenvalue weighted by atomic mass is 16.7. The van der Waals surface area contributed by atoms with Gasteiger partial charge >= 0.3 is 17.9 Å². The third kappa shape index (κ3) is 52.8. The monoisotopic (exact) mass is 985 g/mol. The van der Waals surface area contributed by atoms with E-state index >= 15 is 0 Å². The van der Waals surface area contributed by atoms with Crippen molar-refractivity contribution in [3.63, 3.8) is 0 Å². The van der Waals surface area contributed by atoms with E-state index in [-0.39, 0.29) is 32.2 Å². The van der Waals surface area contributed by atoms with E-state index in [4.69, 9.17) is 18.9 Å². The van der Waals surface area contributed by atoms with Crippen molar-refractivity contribution in [3.8, 4) is 0 Å². The molecule has 9 heteroatoms. The molecule has 0 aromatic carbocycles. The van der Waals surface area contributed by atoms with Gasteiger partial charge in [-0.2, -0.15) is 0 Å². The average Bonchev–Trinajstić information content (AvgIpc) is 3.33. The molecule has 406 valence electrons. The zero-order valence-electron chi connectivity index (χ0n) is 46.2. The number of carboxylic acids is 1. The van der Waals surface area contributed by atoms with Crippen molar-refractivity contribution >= 4 is 17.9 Å². The predicted octanol–water partition coefficient (Wildman–Crippen LogP) is 16.8. The molecule has 70 heavy (non-hydrogen) atoms. The number of allylic oxidation sites excluding steroid dienone is 10. The molecule has 0 radical (unpaired) electrons. The van der Waals surface area contributed by atoms with Gasteiger partial charge in [-0.15, -0.1) is 0 Å². The Balaban J connectivity index is 4.05. The summed E-state index contributed by atoms with van der Waals surface area (Å²) in [7, 11) is 5.96. The van der Waals surface area contributed by atoms with Crippen LogP contribution in [-0.2, 0) is 33.3 Å². The maximum Gasteiger partial charge on any atom is 0.361 e. The summed E-state index contributed by atoms with van der Waals surface area (Å²) in [6.45, 7) is 4.74. The van der Waals surface area contributed by atoms with Gasteiger partial charge in [-0.05, 0) is 77.0 Å². The summed E-state index contributed by atoms with van der Waals surface area (Å²) in [5.74, 6) is -2.01. The third-order valence-electron chi connectivity index (χ3n) is 12.5. The average molecular weight is 986 g/mol. The second kappa shape index (κ2) is 52.3. The number of aliphatic carboxylic acids is 1. The number of unbranched alkanes of at least 4 members (excludes halogenated alkanes) is 28. The third-order valence-corrected chi connectivity index (χ3v) is 12.5. The molecule has 0 saturated heterocycles. The summed E-state index contributed by atoms with van der Waals surface area (Å²) in [6, 6.07) is 0. The topological polar surface area (TPSA) is 108 Å². The summed E-state index contributed by atoms with van der Waals surface area (Å²) in [4.78, 5) is 37.3. The number of carboxylic acid groups (broad SMARTS) is 1. The number of hydrogen-bond acceptors (Lipinski definition) is 7. The van der Waals surface area contributed by atoms with Crippen molar-refractivity contribution in [1.82, 2.24) is 0 Å². The lowest BCUT2D eigenvalue weighted by Crippen LogP contribution is -2.40. The van der Waals surface area contributed by atoms with Gasteiger partial charge < -0.3 is 28.5 Å². The molecular formula is C61H110NO8+. The Labute approximate surface area is 431 Å². The number of quaternary nitrogens is 1. The first-order chi connectivity index (χ1) is 34.1. The van der Waals surface area contributed by atoms with E-state index in [2.05, 4.69) is 74.6 Å². The van der Waals surface area contributed by atoms with E-state index in [0.717, 1.165) is 83.5 Å². The second-order valence-electron chi connectivity index (χ2n) is 20.6. The molecule has 2 atom stereocenters. The van der Waals surface area contributed by atoms with Crippen molar-refractivity contribution in [2.45, 2.75) is 264 Å². The van der Waals surface area contributed by atoms with Gasteiger partial charge in [-0.3, -0.25) is 9.59 Å². The van der Waals surface area contributed by atoms with Crippen molar-refractivity contribution in [1.29, 1.82) is 0 Å². The van der Waals surface area contributed by atoms with Gasteiger partial charge in [0, 0.05) is 12.8 Å². The van der Waals surface area contributed by atoms with Crippen molar-refractivity contribution in [3.05, 3.63) is 60.8 Å². The summed E-state index contributed by atoms with van der Waals surface area (Å²) >= 11 is 0. The first kappa shape index (κ1) is 67.0. The van der Waals surface area contributed by atoms with E-state index in [0.29, 0.717) is 17.4 Å². The van der Waals surface area contributed by atoms with E-state index in [9.17, 15) is 19.5 Å². The van der Waals surface area contributed by atoms with Crippen LogP contribution in [0.3, 0.4) is 0 Å². The molecule has 1 N–H and O–H groups in total. The molecule has 2 unspecified atom stereocenters. The van der Waals surface area contributed by atoms with Crippen LogP contribution in [0.25, 0.3) is 0 Å². The molecule has 0 rings (SSSR count). The summed E-state index contributed by atoms with van der Waals surface area (Å²) in [6.07, 6.45) is 63.2. The van der Waals surface area contributed by atoms with Gasteiger partial charge in [0.05, 0.1) is 34.4 Å². The van der Waals surface area contributed by atoms with Gasteiger partial charge in [-0.1, -0.05) is 222 Å². The molecule has 0 fully saturated rings. The van der Waals surface area contributed by atoms with E-state index in [1.54, 1.807) is 0 Å². The van der Waals surface area contributed by atoms with Crippen LogP contribution in [0.15, 0.2) is 60.8 Å². The molecule has 0 aliphatic heterocycles. The second-order valence-corrected chi connectivity index (χ2v) is 20.6. The minimum atomic E-state index is -1.51. The quantitative estimate of drug-likeness (QED) is 0.0211. The van der Waals surface area contributed by atoms with Crippen LogP contribution in [0.1, 0.15) is 251 Å². The molecular weight excluding hydrogens is 875 g/mol. The standard InChI is InChI=1S/C61H109NO8/c1-6-8-10-12-14-16-18-20-21-22-23-24-25-26-27-28-29-30-31-32-33-34-35-36-37-38-39-40-42-44-46-48-50-52-59(64)70-57(56-69-61(60(65)66)67-54-53-62(3,4)5)55-68-58(63)51-49-47-45-43-41-19-17-15-13-11-9-7-2/h8,10,14-17,20-21,23-24,57,61H,6-7,9,11-13,18-19,22,25-56H2,1-5H3/p+1/b10-8-,16-14-,17-15-,21-20-,24-23-. The van der Waals surface area contributed by atoms with Crippen molar-refractivity contribution in [2.75, 3.05) is 47.5 Å². The van der Waals surface area contributed by atoms with E-state index < -0.39 is 24.3 Å². The molecule has 0 spiro atoms. The first-order valence-electron chi connectivity index (χ1n) is 29.0. The van der Waals surface area contributed by atoms with Crippen LogP contribution in [0, 0.1) is 0 Å². The molecule has 0 aliphatic carbocycles. The Morgan fingerprint density at radius 1 is 0.443 bits per heavy atom. The lowest BCUT2D eigenvalue weighted by Gasteiger charge is -2.25. The molecule has 0 aliphatic rings. The van der Waals surface area contributed by atoms with Crippen LogP contribution in [0.2, 0.25) is 0 Å². The SMILES string of the molecule is CC/C=C\C/C=C\C/C=C\C/C=C\CCCCCCCCCCCCCCCCCCCCCCC(=O)OC(COC(=O)CCCCCCC/C=C\CCCCC)COC(OCC[N+](C)(C)C)C(=O)O. The summed E-state index contributed by atoms with van der Waals surface area (Å²) in [5, 5.41) is 9.68. The minimum Gasteiger partial charge on any atom is -0.477 e. The predicted molar refractivity (Wildman–Crippen MR) is 295 cm³/mol. The number of likely N-dealkylation sites (N-methyl/N-ethyl adjacent to an activating group) is 1. The highest BCUT2D eigenvalue weighted by Crippen LogP contribution is 2.17. The van der Waals surface area contributed by atoms with Crippen molar-refractivity contribution < 1.29 is 42.9 Å². The van der Waals surface area contributed by atoms with Crippen LogP contribution >= 0.6 is 0 Å². The van der Waals surface area contributed by atoms with Gasteiger partial charge in [0.2, 0.25) is 0 Å². The Hall–Kier alpha value is -3.01. The number of rotatable bonds is 53. The maximum absolute atomic E-state index is 12.8. The zero-order chi connectivity index (χ0) is 51.3. The number of carbonyl (C=O) groups is 3. The number of carbonyl (C=O) groups excluding carboxylic acids is 2. The van der Waals surface area contributed by atoms with Crippen LogP contribution in [-0.4, -0.2) is 87.4 Å². The Kier molecular flexibility index (Phi) is 50.1.